The van der Waals surface area contributed by atoms with E-state index in [0.717, 1.165) is 0 Å². The fourth-order valence-electron chi connectivity index (χ4n) is 3.75. The number of esters is 2. The van der Waals surface area contributed by atoms with Gasteiger partial charge in [-0.25, -0.2) is 9.59 Å². The average Bonchev–Trinajstić information content (AvgIpc) is 3.03. The van der Waals surface area contributed by atoms with E-state index < -0.39 is 35.7 Å². The standard InChI is InChI=1S/C20H24O6/c1-6-10(2)18(22)25-15-9-20(5)16(21)8-13(26-20)11(3)7-14-17(15)12(4)19(23)24-14/h6,8,11,14-15,17H,4,7,9H2,1-3,5H3/b10-6+/t11-,14-,15-,17+,20-/m1/s1. The molecule has 0 radical (unpaired) electrons. The Morgan fingerprint density at radius 2 is 2.12 bits per heavy atom. The van der Waals surface area contributed by atoms with Gasteiger partial charge in [-0.05, 0) is 27.2 Å². The zero-order valence-electron chi connectivity index (χ0n) is 15.5. The largest absolute Gasteiger partial charge is 0.483 e. The van der Waals surface area contributed by atoms with Crippen molar-refractivity contribution in [3.63, 3.8) is 0 Å². The summed E-state index contributed by atoms with van der Waals surface area (Å²) in [6.07, 6.45) is 2.57. The SMILES string of the molecule is C=C1C(=O)O[C@@H]2C[C@@H](C)C3=CC(=O)[C@@](C)(C[C@@H](OC(=O)/C(C)=C/C)[C@@H]12)O3. The third-order valence-electron chi connectivity index (χ3n) is 5.54. The molecule has 2 fully saturated rings. The average molecular weight is 360 g/mol. The molecule has 6 heteroatoms. The summed E-state index contributed by atoms with van der Waals surface area (Å²) >= 11 is 0. The maximum Gasteiger partial charge on any atom is 0.334 e. The maximum atomic E-state index is 12.5. The first-order valence-electron chi connectivity index (χ1n) is 8.85. The predicted molar refractivity (Wildman–Crippen MR) is 92.8 cm³/mol. The highest BCUT2D eigenvalue weighted by atomic mass is 16.6. The molecule has 0 saturated carbocycles. The van der Waals surface area contributed by atoms with Crippen LogP contribution >= 0.6 is 0 Å². The summed E-state index contributed by atoms with van der Waals surface area (Å²) in [6.45, 7) is 10.9. The molecule has 0 spiro atoms. The molecule has 0 N–H and O–H groups in total. The van der Waals surface area contributed by atoms with Crippen molar-refractivity contribution < 1.29 is 28.6 Å². The van der Waals surface area contributed by atoms with E-state index in [4.69, 9.17) is 14.2 Å². The fraction of sp³-hybridized carbons (Fsp3) is 0.550. The fourth-order valence-corrected chi connectivity index (χ4v) is 3.75. The van der Waals surface area contributed by atoms with Gasteiger partial charge in [0.2, 0.25) is 5.78 Å². The molecular weight excluding hydrogens is 336 g/mol. The highest BCUT2D eigenvalue weighted by Gasteiger charge is 2.53. The van der Waals surface area contributed by atoms with E-state index in [1.54, 1.807) is 26.8 Å². The summed E-state index contributed by atoms with van der Waals surface area (Å²) in [6, 6.07) is 0. The van der Waals surface area contributed by atoms with Gasteiger partial charge in [-0.2, -0.15) is 0 Å². The van der Waals surface area contributed by atoms with Crippen molar-refractivity contribution in [1.82, 2.24) is 0 Å². The van der Waals surface area contributed by atoms with Crippen LogP contribution in [0, 0.1) is 11.8 Å². The van der Waals surface area contributed by atoms with Crippen LogP contribution in [-0.2, 0) is 28.6 Å². The quantitative estimate of drug-likeness (QED) is 0.556. The molecule has 3 rings (SSSR count). The molecule has 2 saturated heterocycles. The number of allylic oxidation sites excluding steroid dienone is 2. The number of hydrogen-bond acceptors (Lipinski definition) is 6. The second kappa shape index (κ2) is 6.41. The van der Waals surface area contributed by atoms with Crippen molar-refractivity contribution in [2.75, 3.05) is 0 Å². The van der Waals surface area contributed by atoms with Crippen LogP contribution in [0.25, 0.3) is 0 Å². The molecule has 0 aromatic carbocycles. The van der Waals surface area contributed by atoms with Crippen molar-refractivity contribution >= 4 is 17.7 Å². The van der Waals surface area contributed by atoms with Gasteiger partial charge in [-0.3, -0.25) is 4.79 Å². The number of ether oxygens (including phenoxy) is 3. The van der Waals surface area contributed by atoms with Gasteiger partial charge in [0.05, 0.1) is 5.92 Å². The van der Waals surface area contributed by atoms with Crippen LogP contribution in [0.4, 0.5) is 0 Å². The Hall–Kier alpha value is -2.37. The van der Waals surface area contributed by atoms with Gasteiger partial charge in [0.25, 0.3) is 0 Å². The molecule has 26 heavy (non-hydrogen) atoms. The number of rotatable bonds is 2. The van der Waals surface area contributed by atoms with Gasteiger partial charge in [0.15, 0.2) is 5.60 Å². The number of fused-ring (bicyclic) bond motifs is 3. The Morgan fingerprint density at radius 1 is 1.42 bits per heavy atom. The van der Waals surface area contributed by atoms with Gasteiger partial charge in [-0.1, -0.05) is 19.6 Å². The highest BCUT2D eigenvalue weighted by molar-refractivity contribution is 5.99. The number of carbonyl (C=O) groups excluding carboxylic acids is 3. The third kappa shape index (κ3) is 2.97. The first-order chi connectivity index (χ1) is 12.2. The first kappa shape index (κ1) is 18.4. The number of ketones is 1. The maximum absolute atomic E-state index is 12.5. The summed E-state index contributed by atoms with van der Waals surface area (Å²) in [5.74, 6) is -1.13. The number of hydrogen-bond donors (Lipinski definition) is 0. The zero-order chi connectivity index (χ0) is 19.2. The Labute approximate surface area is 152 Å². The van der Waals surface area contributed by atoms with Gasteiger partial charge >= 0.3 is 11.9 Å². The highest BCUT2D eigenvalue weighted by Crippen LogP contribution is 2.44. The Balaban J connectivity index is 2.00. The van der Waals surface area contributed by atoms with E-state index in [9.17, 15) is 14.4 Å². The predicted octanol–water partition coefficient (Wildman–Crippen LogP) is 2.63. The summed E-state index contributed by atoms with van der Waals surface area (Å²) in [5.41, 5.74) is -0.395. The van der Waals surface area contributed by atoms with E-state index in [0.29, 0.717) is 17.8 Å². The van der Waals surface area contributed by atoms with Crippen molar-refractivity contribution in [3.8, 4) is 0 Å². The normalized spacial score (nSPS) is 37.0. The van der Waals surface area contributed by atoms with Crippen LogP contribution in [0.15, 0.2) is 35.6 Å². The molecule has 0 unspecified atom stereocenters. The van der Waals surface area contributed by atoms with Crippen LogP contribution in [-0.4, -0.2) is 35.5 Å². The summed E-state index contributed by atoms with van der Waals surface area (Å²) in [5, 5.41) is 0. The minimum atomic E-state index is -1.13. The van der Waals surface area contributed by atoms with E-state index in [2.05, 4.69) is 6.58 Å². The van der Waals surface area contributed by atoms with E-state index in [-0.39, 0.29) is 23.7 Å². The van der Waals surface area contributed by atoms with Crippen LogP contribution in [0.2, 0.25) is 0 Å². The molecule has 3 aliphatic heterocycles. The molecule has 0 aromatic rings. The van der Waals surface area contributed by atoms with Crippen molar-refractivity contribution in [3.05, 3.63) is 35.6 Å². The lowest BCUT2D eigenvalue weighted by Gasteiger charge is -2.31. The van der Waals surface area contributed by atoms with E-state index in [1.165, 1.54) is 6.08 Å². The van der Waals surface area contributed by atoms with Gasteiger partial charge in [0, 0.05) is 29.6 Å². The van der Waals surface area contributed by atoms with Crippen LogP contribution in [0.1, 0.15) is 40.5 Å². The monoisotopic (exact) mass is 360 g/mol. The second-order valence-corrected chi connectivity index (χ2v) is 7.49. The van der Waals surface area contributed by atoms with Crippen LogP contribution in [0.3, 0.4) is 0 Å². The lowest BCUT2D eigenvalue weighted by Crippen LogP contribution is -2.43. The molecule has 0 aromatic heterocycles. The minimum absolute atomic E-state index is 0.0984. The topological polar surface area (TPSA) is 78.9 Å². The van der Waals surface area contributed by atoms with Crippen molar-refractivity contribution in [2.45, 2.75) is 58.3 Å². The molecule has 3 aliphatic rings. The Morgan fingerprint density at radius 3 is 2.77 bits per heavy atom. The lowest BCUT2D eigenvalue weighted by atomic mass is 9.80. The minimum Gasteiger partial charge on any atom is -0.483 e. The molecular formula is C20H24O6. The van der Waals surface area contributed by atoms with Crippen LogP contribution in [0.5, 0.6) is 0 Å². The second-order valence-electron chi connectivity index (χ2n) is 7.49. The summed E-state index contributed by atoms with van der Waals surface area (Å²) in [4.78, 5) is 37.0. The molecule has 5 atom stereocenters. The third-order valence-corrected chi connectivity index (χ3v) is 5.54. The van der Waals surface area contributed by atoms with Crippen molar-refractivity contribution in [1.29, 1.82) is 0 Å². The molecule has 6 nitrogen and oxygen atoms in total. The Kier molecular flexibility index (Phi) is 4.54. The first-order valence-corrected chi connectivity index (χ1v) is 8.85. The Bertz CT molecular complexity index is 745. The van der Waals surface area contributed by atoms with E-state index >= 15 is 0 Å². The lowest BCUT2D eigenvalue weighted by molar-refractivity contribution is -0.153. The van der Waals surface area contributed by atoms with Gasteiger partial charge in [-0.15, -0.1) is 0 Å². The van der Waals surface area contributed by atoms with Gasteiger partial charge in [0.1, 0.15) is 18.0 Å². The molecule has 3 heterocycles. The van der Waals surface area contributed by atoms with Crippen LogP contribution < -0.4 is 0 Å². The summed E-state index contributed by atoms with van der Waals surface area (Å²) < 4.78 is 17.2. The summed E-state index contributed by atoms with van der Waals surface area (Å²) in [7, 11) is 0. The molecule has 140 valence electrons. The molecule has 2 bridgehead atoms. The van der Waals surface area contributed by atoms with E-state index in [1.807, 2.05) is 6.92 Å². The number of carbonyl (C=O) groups is 3. The molecule has 0 aliphatic carbocycles. The smallest absolute Gasteiger partial charge is 0.334 e. The zero-order valence-corrected chi connectivity index (χ0v) is 15.5. The van der Waals surface area contributed by atoms with Gasteiger partial charge < -0.3 is 14.2 Å². The molecule has 0 amide bonds. The van der Waals surface area contributed by atoms with Crippen molar-refractivity contribution in [2.24, 2.45) is 11.8 Å².